The quantitative estimate of drug-likeness (QED) is 0.900. The number of hydrogen-bond donors (Lipinski definition) is 1. The van der Waals surface area contributed by atoms with E-state index in [1.807, 2.05) is 19.1 Å². The van der Waals surface area contributed by atoms with E-state index in [-0.39, 0.29) is 17.5 Å². The van der Waals surface area contributed by atoms with E-state index < -0.39 is 0 Å². The Morgan fingerprint density at radius 1 is 1.11 bits per heavy atom. The van der Waals surface area contributed by atoms with Crippen LogP contribution in [0.2, 0.25) is 0 Å². The Balaban J connectivity index is 1.64. The number of Topliss-reactive ketones (excluding diaryl/α,β-unsaturated/α-hetero) is 1. The topological polar surface area (TPSA) is 69.6 Å². The molecule has 2 heterocycles. The summed E-state index contributed by atoms with van der Waals surface area (Å²) >= 11 is 0. The molecule has 1 aromatic heterocycles. The van der Waals surface area contributed by atoms with Crippen LogP contribution in [0.3, 0.4) is 0 Å². The second-order valence-electron chi connectivity index (χ2n) is 7.44. The highest BCUT2D eigenvalue weighted by atomic mass is 16.3. The number of likely N-dealkylation sites (N-methyl/N-ethyl adjacent to an activating group) is 1. The van der Waals surface area contributed by atoms with Crippen LogP contribution in [-0.2, 0) is 6.42 Å². The Kier molecular flexibility index (Phi) is 4.83. The molecule has 0 saturated carbocycles. The first-order valence-electron chi connectivity index (χ1n) is 9.72. The maximum atomic E-state index is 12.8. The number of benzene rings is 1. The third-order valence-corrected chi connectivity index (χ3v) is 5.78. The fourth-order valence-corrected chi connectivity index (χ4v) is 4.22. The lowest BCUT2D eigenvalue weighted by Crippen LogP contribution is -2.47. The van der Waals surface area contributed by atoms with E-state index in [4.69, 9.17) is 4.98 Å². The van der Waals surface area contributed by atoms with Gasteiger partial charge in [0, 0.05) is 38.5 Å². The number of phenols is 1. The lowest BCUT2D eigenvalue weighted by atomic mass is 9.81. The van der Waals surface area contributed by atoms with Crippen LogP contribution in [0.25, 0.3) is 0 Å². The molecule has 1 atom stereocenters. The van der Waals surface area contributed by atoms with Gasteiger partial charge in [0.2, 0.25) is 5.95 Å². The minimum atomic E-state index is -0.0368. The lowest BCUT2D eigenvalue weighted by Gasteiger charge is -2.35. The fraction of sp³-hybridized carbons (Fsp3) is 0.476. The third-order valence-electron chi connectivity index (χ3n) is 5.78. The first-order chi connectivity index (χ1) is 13.1. The smallest absolute Gasteiger partial charge is 0.225 e. The molecule has 2 aliphatic rings. The molecule has 6 nitrogen and oxygen atoms in total. The van der Waals surface area contributed by atoms with Crippen LogP contribution in [0.1, 0.15) is 46.6 Å². The molecule has 1 saturated heterocycles. The largest absolute Gasteiger partial charge is 0.508 e. The highest BCUT2D eigenvalue weighted by molar-refractivity contribution is 5.99. The van der Waals surface area contributed by atoms with Crippen molar-refractivity contribution in [1.82, 2.24) is 14.9 Å². The van der Waals surface area contributed by atoms with E-state index >= 15 is 0 Å². The van der Waals surface area contributed by atoms with Gasteiger partial charge in [0.25, 0.3) is 0 Å². The molecular formula is C21H26N4O2. The highest BCUT2D eigenvalue weighted by Gasteiger charge is 2.32. The van der Waals surface area contributed by atoms with Gasteiger partial charge < -0.3 is 14.9 Å². The number of nitrogens with zero attached hydrogens (tertiary/aromatic N) is 4. The summed E-state index contributed by atoms with van der Waals surface area (Å²) in [7, 11) is 0. The number of piperazine rings is 1. The summed E-state index contributed by atoms with van der Waals surface area (Å²) in [6, 6.07) is 7.28. The van der Waals surface area contributed by atoms with Gasteiger partial charge in [-0.2, -0.15) is 0 Å². The Labute approximate surface area is 159 Å². The van der Waals surface area contributed by atoms with E-state index in [9.17, 15) is 9.90 Å². The number of hydrogen-bond acceptors (Lipinski definition) is 6. The molecule has 142 valence electrons. The number of aryl methyl sites for hydroxylation is 1. The Morgan fingerprint density at radius 3 is 2.56 bits per heavy atom. The monoisotopic (exact) mass is 366 g/mol. The van der Waals surface area contributed by atoms with E-state index in [0.717, 1.165) is 55.6 Å². The molecule has 1 N–H and O–H groups in total. The maximum absolute atomic E-state index is 12.8. The number of rotatable bonds is 3. The predicted octanol–water partition coefficient (Wildman–Crippen LogP) is 2.55. The summed E-state index contributed by atoms with van der Waals surface area (Å²) in [5.41, 5.74) is 3.09. The first-order valence-corrected chi connectivity index (χ1v) is 9.72. The zero-order valence-corrected chi connectivity index (χ0v) is 16.0. The van der Waals surface area contributed by atoms with E-state index in [1.165, 1.54) is 0 Å². The number of carbonyl (C=O) groups is 1. The summed E-state index contributed by atoms with van der Waals surface area (Å²) < 4.78 is 0. The number of carbonyl (C=O) groups excluding carboxylic acids is 1. The second-order valence-corrected chi connectivity index (χ2v) is 7.44. The zero-order chi connectivity index (χ0) is 19.0. The third kappa shape index (κ3) is 3.41. The fourth-order valence-electron chi connectivity index (χ4n) is 4.22. The van der Waals surface area contributed by atoms with Gasteiger partial charge in [0.15, 0.2) is 5.78 Å². The molecule has 0 spiro atoms. The van der Waals surface area contributed by atoms with Gasteiger partial charge in [-0.25, -0.2) is 9.97 Å². The summed E-state index contributed by atoms with van der Waals surface area (Å²) in [5, 5.41) is 10.2. The normalized spacial score (nSPS) is 20.6. The van der Waals surface area contributed by atoms with Crippen molar-refractivity contribution in [2.24, 2.45) is 0 Å². The summed E-state index contributed by atoms with van der Waals surface area (Å²) in [6.07, 6.45) is 1.05. The van der Waals surface area contributed by atoms with Gasteiger partial charge in [0.1, 0.15) is 5.75 Å². The van der Waals surface area contributed by atoms with Crippen molar-refractivity contribution in [1.29, 1.82) is 0 Å². The molecule has 1 aliphatic heterocycles. The van der Waals surface area contributed by atoms with Gasteiger partial charge in [-0.15, -0.1) is 0 Å². The van der Waals surface area contributed by atoms with Crippen molar-refractivity contribution in [2.45, 2.75) is 32.6 Å². The highest BCUT2D eigenvalue weighted by Crippen LogP contribution is 2.37. The zero-order valence-electron chi connectivity index (χ0n) is 16.0. The molecule has 1 aliphatic carbocycles. The number of aromatic hydroxyl groups is 1. The first kappa shape index (κ1) is 17.9. The molecule has 6 heteroatoms. The van der Waals surface area contributed by atoms with Crippen LogP contribution < -0.4 is 4.90 Å². The number of ketones is 1. The number of para-hydroxylation sites is 1. The summed E-state index contributed by atoms with van der Waals surface area (Å²) in [4.78, 5) is 26.9. The van der Waals surface area contributed by atoms with Gasteiger partial charge in [-0.3, -0.25) is 4.79 Å². The number of phenolic OH excluding ortho intramolecular Hbond substituents is 1. The average Bonchev–Trinajstić information content (AvgIpc) is 2.67. The predicted molar refractivity (Wildman–Crippen MR) is 105 cm³/mol. The van der Waals surface area contributed by atoms with Crippen molar-refractivity contribution >= 4 is 11.7 Å². The standard InChI is InChI=1S/C21H26N4O2/c1-3-24-8-10-25(11-9-24)21-22-14(2)20-17(23-21)12-15(13-19(20)27)16-6-4-5-7-18(16)26/h4-7,15,26H,3,8-13H2,1-2H3/t15-/m1/s1. The Morgan fingerprint density at radius 2 is 1.85 bits per heavy atom. The van der Waals surface area contributed by atoms with Gasteiger partial charge in [0.05, 0.1) is 17.0 Å². The molecule has 0 radical (unpaired) electrons. The van der Waals surface area contributed by atoms with E-state index in [0.29, 0.717) is 18.4 Å². The molecule has 1 aromatic carbocycles. The van der Waals surface area contributed by atoms with Crippen molar-refractivity contribution in [3.8, 4) is 5.75 Å². The molecule has 27 heavy (non-hydrogen) atoms. The summed E-state index contributed by atoms with van der Waals surface area (Å²) in [5.74, 6) is 1.02. The Hall–Kier alpha value is -2.47. The minimum absolute atomic E-state index is 0.0368. The molecule has 2 aromatic rings. The lowest BCUT2D eigenvalue weighted by molar-refractivity contribution is 0.0961. The van der Waals surface area contributed by atoms with Gasteiger partial charge in [-0.1, -0.05) is 25.1 Å². The molecule has 0 amide bonds. The van der Waals surface area contributed by atoms with Crippen molar-refractivity contribution in [3.63, 3.8) is 0 Å². The van der Waals surface area contributed by atoms with Gasteiger partial charge >= 0.3 is 0 Å². The summed E-state index contributed by atoms with van der Waals surface area (Å²) in [6.45, 7) is 8.98. The second kappa shape index (κ2) is 7.27. The molecule has 0 unspecified atom stereocenters. The van der Waals surface area contributed by atoms with E-state index in [2.05, 4.69) is 21.7 Å². The minimum Gasteiger partial charge on any atom is -0.508 e. The van der Waals surface area contributed by atoms with Crippen LogP contribution in [0.5, 0.6) is 5.75 Å². The van der Waals surface area contributed by atoms with Crippen molar-refractivity contribution in [3.05, 3.63) is 46.8 Å². The van der Waals surface area contributed by atoms with Crippen LogP contribution in [-0.4, -0.2) is 58.5 Å². The van der Waals surface area contributed by atoms with Crippen LogP contribution in [0.4, 0.5) is 5.95 Å². The van der Waals surface area contributed by atoms with Gasteiger partial charge in [-0.05, 0) is 31.5 Å². The maximum Gasteiger partial charge on any atom is 0.225 e. The number of anilines is 1. The molecular weight excluding hydrogens is 340 g/mol. The average molecular weight is 366 g/mol. The number of aromatic nitrogens is 2. The Bertz CT molecular complexity index is 859. The SMILES string of the molecule is CCN1CCN(c2nc(C)c3c(n2)C[C@@H](c2ccccc2O)CC3=O)CC1. The van der Waals surface area contributed by atoms with Crippen LogP contribution in [0, 0.1) is 6.92 Å². The molecule has 0 bridgehead atoms. The molecule has 4 rings (SSSR count). The van der Waals surface area contributed by atoms with E-state index in [1.54, 1.807) is 12.1 Å². The van der Waals surface area contributed by atoms with Crippen molar-refractivity contribution in [2.75, 3.05) is 37.6 Å². The van der Waals surface area contributed by atoms with Crippen LogP contribution in [0.15, 0.2) is 24.3 Å². The van der Waals surface area contributed by atoms with Crippen molar-refractivity contribution < 1.29 is 9.90 Å². The van der Waals surface area contributed by atoms with Crippen LogP contribution >= 0.6 is 0 Å². The molecule has 1 fully saturated rings. The number of fused-ring (bicyclic) bond motifs is 1.